The molecule has 0 aliphatic rings. The molecule has 1 aromatic heterocycles. The van der Waals surface area contributed by atoms with E-state index in [1.807, 2.05) is 5.43 Å². The van der Waals surface area contributed by atoms with E-state index >= 15 is 0 Å². The van der Waals surface area contributed by atoms with Crippen molar-refractivity contribution in [2.24, 2.45) is 5.84 Å². The van der Waals surface area contributed by atoms with Crippen LogP contribution in [0.4, 0.5) is 0 Å². The Morgan fingerprint density at radius 1 is 1.73 bits per heavy atom. The molecule has 0 atom stereocenters. The third-order valence-electron chi connectivity index (χ3n) is 1.13. The van der Waals surface area contributed by atoms with Crippen molar-refractivity contribution in [2.75, 3.05) is 0 Å². The smallest absolute Gasteiger partial charge is 0.266 e. The molecule has 1 amide bonds. The number of hydrogen-bond acceptors (Lipinski definition) is 4. The molecule has 0 saturated carbocycles. The molecule has 0 unspecified atom stereocenters. The normalized spacial score (nSPS) is 9.18. The van der Waals surface area contributed by atoms with Crippen LogP contribution in [0.5, 0.6) is 0 Å². The first-order valence-corrected chi connectivity index (χ1v) is 3.64. The minimum Gasteiger partial charge on any atom is -0.290 e. The summed E-state index contributed by atoms with van der Waals surface area (Å²) in [6, 6.07) is 1.52. The van der Waals surface area contributed by atoms with Crippen LogP contribution in [0.15, 0.2) is 11.4 Å². The van der Waals surface area contributed by atoms with Crippen LogP contribution in [0.25, 0.3) is 0 Å². The summed E-state index contributed by atoms with van der Waals surface area (Å²) >= 11 is 1.15. The Kier molecular flexibility index (Phi) is 2.35. The van der Waals surface area contributed by atoms with Crippen LogP contribution in [-0.2, 0) is 4.79 Å². The molecule has 0 aliphatic carbocycles. The van der Waals surface area contributed by atoms with E-state index in [1.54, 1.807) is 11.7 Å². The fraction of sp³-hybridized carbons (Fsp3) is 0. The molecule has 1 rings (SSSR count). The Balaban J connectivity index is 3.01. The third-order valence-corrected chi connectivity index (χ3v) is 1.94. The predicted molar refractivity (Wildman–Crippen MR) is 40.8 cm³/mol. The van der Waals surface area contributed by atoms with Gasteiger partial charge in [-0.3, -0.25) is 15.0 Å². The van der Waals surface area contributed by atoms with Crippen molar-refractivity contribution in [3.63, 3.8) is 0 Å². The van der Waals surface area contributed by atoms with Crippen LogP contribution < -0.4 is 11.3 Å². The number of hydrazine groups is 1. The molecular weight excluding hydrogens is 164 g/mol. The largest absolute Gasteiger partial charge is 0.290 e. The Labute approximate surface area is 67.0 Å². The summed E-state index contributed by atoms with van der Waals surface area (Å²) < 4.78 is 0. The minimum absolute atomic E-state index is 0.271. The first kappa shape index (κ1) is 7.90. The number of rotatable bonds is 2. The summed E-state index contributed by atoms with van der Waals surface area (Å²) in [5, 5.41) is 1.63. The van der Waals surface area contributed by atoms with Crippen molar-refractivity contribution in [3.05, 3.63) is 21.9 Å². The van der Waals surface area contributed by atoms with Gasteiger partial charge in [0.25, 0.3) is 5.91 Å². The molecule has 5 heteroatoms. The van der Waals surface area contributed by atoms with Gasteiger partial charge in [0.2, 0.25) is 6.29 Å². The molecule has 0 aromatic carbocycles. The summed E-state index contributed by atoms with van der Waals surface area (Å²) in [7, 11) is 0. The molecule has 1 aromatic rings. The molecule has 0 spiro atoms. The predicted octanol–water partition coefficient (Wildman–Crippen LogP) is -0.191. The van der Waals surface area contributed by atoms with Gasteiger partial charge in [0, 0.05) is 0 Å². The topological polar surface area (TPSA) is 72.2 Å². The third kappa shape index (κ3) is 1.44. The van der Waals surface area contributed by atoms with E-state index in [0.717, 1.165) is 11.3 Å². The Morgan fingerprint density at radius 2 is 2.45 bits per heavy atom. The number of carbonyl (C=O) groups excluding carboxylic acids is 2. The fourth-order valence-electron chi connectivity index (χ4n) is 0.645. The van der Waals surface area contributed by atoms with Crippen molar-refractivity contribution < 1.29 is 9.59 Å². The highest BCUT2D eigenvalue weighted by Crippen LogP contribution is 2.13. The second-order valence-corrected chi connectivity index (χ2v) is 2.66. The number of amides is 1. The van der Waals surface area contributed by atoms with E-state index in [-0.39, 0.29) is 10.4 Å². The van der Waals surface area contributed by atoms with E-state index in [9.17, 15) is 9.59 Å². The summed E-state index contributed by atoms with van der Waals surface area (Å²) in [6.07, 6.45) is 1.64. The van der Waals surface area contributed by atoms with Crippen LogP contribution in [0.1, 0.15) is 15.2 Å². The van der Waals surface area contributed by atoms with Crippen molar-refractivity contribution >= 4 is 23.5 Å². The number of thiophene rings is 1. The van der Waals surface area contributed by atoms with Crippen LogP contribution in [0, 0.1) is 0 Å². The minimum atomic E-state index is -0.468. The van der Waals surface area contributed by atoms with Gasteiger partial charge in [0.1, 0.15) is 0 Å². The average Bonchev–Trinajstić information content (AvgIpc) is 2.50. The highest BCUT2D eigenvalue weighted by atomic mass is 32.1. The van der Waals surface area contributed by atoms with Gasteiger partial charge in [-0.25, -0.2) is 5.84 Å². The highest BCUT2D eigenvalue weighted by Gasteiger charge is 2.10. The first-order valence-electron chi connectivity index (χ1n) is 2.76. The number of nitrogens with two attached hydrogens (primary N) is 1. The highest BCUT2D eigenvalue weighted by molar-refractivity contribution is 7.12. The molecule has 0 saturated heterocycles. The molecule has 1 heterocycles. The molecular formula is C6H5N2O2S. The molecule has 1 radical (unpaired) electrons. The Hall–Kier alpha value is -1.20. The molecule has 0 aliphatic heterocycles. The molecule has 3 N–H and O–H groups in total. The van der Waals surface area contributed by atoms with E-state index in [1.165, 1.54) is 6.07 Å². The number of nitrogen functional groups attached to an aromatic ring is 1. The summed E-state index contributed by atoms with van der Waals surface area (Å²) in [5.41, 5.74) is 2.20. The molecule has 0 fully saturated rings. The number of nitrogens with one attached hydrogen (secondary N) is 1. The summed E-state index contributed by atoms with van der Waals surface area (Å²) in [5.74, 6) is 4.39. The zero-order valence-corrected chi connectivity index (χ0v) is 6.27. The van der Waals surface area contributed by atoms with Gasteiger partial charge in [0.05, 0.1) is 10.4 Å². The number of hydrogen-bond donors (Lipinski definition) is 2. The lowest BCUT2D eigenvalue weighted by Crippen LogP contribution is -2.30. The lowest BCUT2D eigenvalue weighted by atomic mass is 10.2. The lowest BCUT2D eigenvalue weighted by Gasteiger charge is -1.94. The van der Waals surface area contributed by atoms with E-state index in [4.69, 9.17) is 5.84 Å². The van der Waals surface area contributed by atoms with Crippen LogP contribution in [0.3, 0.4) is 0 Å². The first-order chi connectivity index (χ1) is 5.29. The maximum absolute atomic E-state index is 10.8. The lowest BCUT2D eigenvalue weighted by molar-refractivity contribution is 0.0954. The molecule has 0 bridgehead atoms. The molecule has 57 valence electrons. The zero-order valence-electron chi connectivity index (χ0n) is 5.46. The van der Waals surface area contributed by atoms with Gasteiger partial charge in [-0.2, -0.15) is 0 Å². The van der Waals surface area contributed by atoms with Crippen molar-refractivity contribution in [1.29, 1.82) is 0 Å². The SMILES string of the molecule is NNC(=O)c1ccsc1[C]=O. The Bertz CT molecular complexity index is 282. The van der Waals surface area contributed by atoms with Crippen molar-refractivity contribution in [3.8, 4) is 0 Å². The van der Waals surface area contributed by atoms with E-state index < -0.39 is 5.91 Å². The molecule has 11 heavy (non-hydrogen) atoms. The van der Waals surface area contributed by atoms with Gasteiger partial charge in [0.15, 0.2) is 0 Å². The maximum Gasteiger partial charge on any atom is 0.266 e. The summed E-state index contributed by atoms with van der Waals surface area (Å²) in [6.45, 7) is 0. The van der Waals surface area contributed by atoms with Crippen molar-refractivity contribution in [1.82, 2.24) is 5.43 Å². The van der Waals surface area contributed by atoms with E-state index in [0.29, 0.717) is 0 Å². The van der Waals surface area contributed by atoms with Gasteiger partial charge < -0.3 is 0 Å². The zero-order chi connectivity index (χ0) is 8.27. The van der Waals surface area contributed by atoms with Crippen molar-refractivity contribution in [2.45, 2.75) is 0 Å². The Morgan fingerprint density at radius 3 is 3.00 bits per heavy atom. The fourth-order valence-corrected chi connectivity index (χ4v) is 1.32. The van der Waals surface area contributed by atoms with Crippen LogP contribution >= 0.6 is 11.3 Å². The standard InChI is InChI=1S/C6H5N2O2S/c7-8-6(10)4-1-2-11-5(4)3-9/h1-2H,7H2,(H,8,10). The second kappa shape index (κ2) is 3.27. The quantitative estimate of drug-likeness (QED) is 0.366. The average molecular weight is 169 g/mol. The number of carbonyl (C=O) groups is 1. The molecule has 4 nitrogen and oxygen atoms in total. The summed E-state index contributed by atoms with van der Waals surface area (Å²) in [4.78, 5) is 21.3. The van der Waals surface area contributed by atoms with Crippen LogP contribution in [0.2, 0.25) is 0 Å². The van der Waals surface area contributed by atoms with Gasteiger partial charge in [-0.1, -0.05) is 0 Å². The van der Waals surface area contributed by atoms with Gasteiger partial charge in [-0.15, -0.1) is 11.3 Å². The second-order valence-electron chi connectivity index (χ2n) is 1.74. The van der Waals surface area contributed by atoms with Gasteiger partial charge >= 0.3 is 0 Å². The maximum atomic E-state index is 10.8. The van der Waals surface area contributed by atoms with Gasteiger partial charge in [-0.05, 0) is 11.4 Å². The monoisotopic (exact) mass is 169 g/mol. The van der Waals surface area contributed by atoms with Crippen LogP contribution in [-0.4, -0.2) is 12.2 Å². The van der Waals surface area contributed by atoms with E-state index in [2.05, 4.69) is 0 Å².